The molecule has 2 aliphatic carbocycles. The summed E-state index contributed by atoms with van der Waals surface area (Å²) in [4.78, 5) is 83.7. The maximum absolute atomic E-state index is 15.2. The molecular weight excluding hydrogens is 874 g/mol. The van der Waals surface area contributed by atoms with Crippen LogP contribution in [0.3, 0.4) is 0 Å². The number of nitrogens with zero attached hydrogens (tertiary/aromatic N) is 9. The average molecular weight is 940 g/mol. The van der Waals surface area contributed by atoms with Gasteiger partial charge in [-0.2, -0.15) is 10.1 Å². The molecule has 1 aromatic carbocycles. The van der Waals surface area contributed by atoms with E-state index in [-0.39, 0.29) is 60.4 Å². The van der Waals surface area contributed by atoms with Gasteiger partial charge in [-0.05, 0) is 82.9 Å². The second kappa shape index (κ2) is 21.2. The SMILES string of the molecule is CCOC(=O)c1cnc(Nc2cnn(C)c2)nc1NC1CCC(N2CCN(C(=O)C3CCC(C(=O)N4CC(CN5CCN(c6ccc(NC7CCC(=O)NC7=O)cc6F)CC5)C4)CC3)CC2)CC1. The van der Waals surface area contributed by atoms with E-state index in [1.54, 1.807) is 29.9 Å². The van der Waals surface area contributed by atoms with Gasteiger partial charge in [0.2, 0.25) is 29.6 Å². The number of likely N-dealkylation sites (tertiary alicyclic amines) is 1. The zero-order valence-electron chi connectivity index (χ0n) is 39.3. The number of anilines is 5. The van der Waals surface area contributed by atoms with Crippen LogP contribution in [0, 0.1) is 23.6 Å². The highest BCUT2D eigenvalue weighted by Crippen LogP contribution is 2.35. The van der Waals surface area contributed by atoms with E-state index in [1.165, 1.54) is 12.3 Å². The Hall–Kier alpha value is -5.89. The predicted molar refractivity (Wildman–Crippen MR) is 253 cm³/mol. The van der Waals surface area contributed by atoms with Crippen LogP contribution in [0.15, 0.2) is 36.8 Å². The van der Waals surface area contributed by atoms with Crippen LogP contribution in [0.1, 0.15) is 81.5 Å². The van der Waals surface area contributed by atoms with Crippen molar-refractivity contribution < 1.29 is 33.1 Å². The first-order valence-electron chi connectivity index (χ1n) is 24.7. The van der Waals surface area contributed by atoms with Gasteiger partial charge in [0.25, 0.3) is 0 Å². The van der Waals surface area contributed by atoms with E-state index in [4.69, 9.17) is 4.74 Å². The van der Waals surface area contributed by atoms with E-state index in [1.807, 2.05) is 18.1 Å². The quantitative estimate of drug-likeness (QED) is 0.135. The van der Waals surface area contributed by atoms with Crippen molar-refractivity contribution >= 4 is 58.4 Å². The molecule has 4 saturated heterocycles. The number of piperidine rings is 1. The van der Waals surface area contributed by atoms with Gasteiger partial charge in [0, 0.05) is 133 Å². The van der Waals surface area contributed by atoms with Crippen molar-refractivity contribution in [2.75, 3.05) is 99.4 Å². The molecule has 4 amide bonds. The fourth-order valence-electron chi connectivity index (χ4n) is 11.0. The maximum Gasteiger partial charge on any atom is 0.343 e. The van der Waals surface area contributed by atoms with Gasteiger partial charge in [-0.3, -0.25) is 39.0 Å². The van der Waals surface area contributed by atoms with Crippen LogP contribution in [0.25, 0.3) is 0 Å². The molecule has 1 atom stereocenters. The second-order valence-electron chi connectivity index (χ2n) is 19.5. The highest BCUT2D eigenvalue weighted by Gasteiger charge is 2.40. The molecule has 0 spiro atoms. The van der Waals surface area contributed by atoms with Crippen molar-refractivity contribution in [3.8, 4) is 0 Å². The summed E-state index contributed by atoms with van der Waals surface area (Å²) in [6.45, 7) is 10.7. The number of benzene rings is 1. The Labute approximate surface area is 396 Å². The molecule has 6 fully saturated rings. The van der Waals surface area contributed by atoms with Gasteiger partial charge in [0.1, 0.15) is 23.2 Å². The van der Waals surface area contributed by atoms with Gasteiger partial charge in [-0.25, -0.2) is 14.2 Å². The van der Waals surface area contributed by atoms with Crippen LogP contribution < -0.4 is 26.2 Å². The number of aryl methyl sites for hydroxylation is 1. The first-order valence-corrected chi connectivity index (χ1v) is 24.7. The van der Waals surface area contributed by atoms with Crippen molar-refractivity contribution in [3.63, 3.8) is 0 Å². The molecular formula is C48H66FN13O6. The molecule has 19 nitrogen and oxygen atoms in total. The molecule has 0 bridgehead atoms. The Bertz CT molecular complexity index is 2290. The van der Waals surface area contributed by atoms with Crippen LogP contribution in [0.4, 0.5) is 33.2 Å². The molecule has 9 rings (SSSR count). The molecule has 68 heavy (non-hydrogen) atoms. The van der Waals surface area contributed by atoms with E-state index in [2.05, 4.69) is 55.9 Å². The molecule has 3 aromatic rings. The number of halogens is 1. The molecule has 4 aliphatic heterocycles. The number of carbonyl (C=O) groups is 5. The van der Waals surface area contributed by atoms with Crippen LogP contribution in [0.2, 0.25) is 0 Å². The number of esters is 1. The number of hydrogen-bond acceptors (Lipinski definition) is 15. The Morgan fingerprint density at radius 1 is 0.824 bits per heavy atom. The molecule has 0 radical (unpaired) electrons. The Kier molecular flexibility index (Phi) is 14.7. The lowest BCUT2D eigenvalue weighted by atomic mass is 9.80. The van der Waals surface area contributed by atoms with Crippen LogP contribution in [-0.2, 0) is 31.0 Å². The molecule has 1 unspecified atom stereocenters. The number of rotatable bonds is 14. The van der Waals surface area contributed by atoms with E-state index < -0.39 is 12.0 Å². The lowest BCUT2D eigenvalue weighted by molar-refractivity contribution is -0.146. The number of aromatic nitrogens is 4. The summed E-state index contributed by atoms with van der Waals surface area (Å²) in [5.41, 5.74) is 2.10. The Morgan fingerprint density at radius 3 is 2.18 bits per heavy atom. The van der Waals surface area contributed by atoms with Crippen molar-refractivity contribution in [2.45, 2.75) is 89.3 Å². The van der Waals surface area contributed by atoms with Crippen LogP contribution >= 0.6 is 0 Å². The van der Waals surface area contributed by atoms with Crippen molar-refractivity contribution in [3.05, 3.63) is 48.2 Å². The number of imide groups is 1. The Morgan fingerprint density at radius 2 is 1.53 bits per heavy atom. The average Bonchev–Trinajstić information content (AvgIpc) is 3.75. The number of carbonyl (C=O) groups excluding carboxylic acids is 5. The summed E-state index contributed by atoms with van der Waals surface area (Å²) < 4.78 is 22.2. The fraction of sp³-hybridized carbons (Fsp3) is 0.625. The molecule has 2 saturated carbocycles. The molecule has 20 heteroatoms. The third-order valence-corrected chi connectivity index (χ3v) is 14.9. The van der Waals surface area contributed by atoms with Gasteiger partial charge < -0.3 is 35.4 Å². The molecule has 6 aliphatic rings. The number of piperazine rings is 2. The normalized spacial score (nSPS) is 25.3. The predicted octanol–water partition coefficient (Wildman–Crippen LogP) is 3.44. The minimum absolute atomic E-state index is 0.0119. The van der Waals surface area contributed by atoms with Crippen molar-refractivity contribution in [1.29, 1.82) is 0 Å². The smallest absolute Gasteiger partial charge is 0.343 e. The summed E-state index contributed by atoms with van der Waals surface area (Å²) in [7, 11) is 1.83. The standard InChI is InChI=1S/C48H66FN13O6/c1-3-68-47(67)38-26-50-48(54-36-25-51-57(2)30-36)56-43(38)53-34-8-11-37(12-9-34)59-20-22-61(23-21-59)45(65)32-4-6-33(7-5-32)46(66)62-28-31(29-62)27-58-16-18-60(19-17-58)41-14-10-35(24-39(41)49)52-40-13-15-42(63)55-44(40)64/h10,14,24-26,30-34,37,40,52H,3-9,11-13,15-23,27-29H2,1-2H3,(H,55,63,64)(H2,50,53,54,56). The van der Waals surface area contributed by atoms with Gasteiger partial charge in [0.05, 0.1) is 24.2 Å². The number of hydrogen-bond donors (Lipinski definition) is 4. The fourth-order valence-corrected chi connectivity index (χ4v) is 11.0. The third-order valence-electron chi connectivity index (χ3n) is 14.9. The lowest BCUT2D eigenvalue weighted by Gasteiger charge is -2.45. The van der Waals surface area contributed by atoms with Gasteiger partial charge in [-0.15, -0.1) is 0 Å². The summed E-state index contributed by atoms with van der Waals surface area (Å²) in [5, 5.41) is 16.2. The maximum atomic E-state index is 15.2. The topological polar surface area (TPSA) is 202 Å². The number of nitrogens with one attached hydrogen (secondary N) is 4. The number of ether oxygens (including phenoxy) is 1. The van der Waals surface area contributed by atoms with E-state index in [0.717, 1.165) is 116 Å². The van der Waals surface area contributed by atoms with Crippen molar-refractivity contribution in [2.24, 2.45) is 24.8 Å². The van der Waals surface area contributed by atoms with E-state index >= 15 is 4.39 Å². The summed E-state index contributed by atoms with van der Waals surface area (Å²) in [5.74, 6) is 0.218. The molecule has 2 aromatic heterocycles. The van der Waals surface area contributed by atoms with Crippen molar-refractivity contribution in [1.82, 2.24) is 44.7 Å². The number of amides is 4. The molecule has 366 valence electrons. The highest BCUT2D eigenvalue weighted by atomic mass is 19.1. The first-order chi connectivity index (χ1) is 33.0. The third kappa shape index (κ3) is 11.2. The molecule has 6 heterocycles. The molecule has 4 N–H and O–H groups in total. The summed E-state index contributed by atoms with van der Waals surface area (Å²) in [6.07, 6.45) is 12.6. The van der Waals surface area contributed by atoms with E-state index in [9.17, 15) is 24.0 Å². The second-order valence-corrected chi connectivity index (χ2v) is 19.5. The lowest BCUT2D eigenvalue weighted by Crippen LogP contribution is -2.57. The zero-order chi connectivity index (χ0) is 47.3. The summed E-state index contributed by atoms with van der Waals surface area (Å²) >= 11 is 0. The monoisotopic (exact) mass is 940 g/mol. The first kappa shape index (κ1) is 47.2. The van der Waals surface area contributed by atoms with Gasteiger partial charge in [-0.1, -0.05) is 0 Å². The van der Waals surface area contributed by atoms with Crippen LogP contribution in [-0.4, -0.2) is 166 Å². The van der Waals surface area contributed by atoms with Gasteiger partial charge in [0.15, 0.2) is 0 Å². The van der Waals surface area contributed by atoms with Gasteiger partial charge >= 0.3 is 5.97 Å². The Balaban J connectivity index is 0.651. The zero-order valence-corrected chi connectivity index (χ0v) is 39.3. The minimum Gasteiger partial charge on any atom is -0.462 e. The summed E-state index contributed by atoms with van der Waals surface area (Å²) in [6, 6.07) is 4.97. The minimum atomic E-state index is -0.563. The highest BCUT2D eigenvalue weighted by molar-refractivity contribution is 6.01. The van der Waals surface area contributed by atoms with Crippen LogP contribution in [0.5, 0.6) is 0 Å². The largest absolute Gasteiger partial charge is 0.462 e. The van der Waals surface area contributed by atoms with E-state index in [0.29, 0.717) is 60.2 Å².